The van der Waals surface area contributed by atoms with Gasteiger partial charge in [-0.2, -0.15) is 4.52 Å². The molecule has 0 aliphatic carbocycles. The van der Waals surface area contributed by atoms with Crippen LogP contribution < -0.4 is 5.56 Å². The Morgan fingerprint density at radius 3 is 2.42 bits per heavy atom. The highest BCUT2D eigenvalue weighted by atomic mass is 16.1. The number of fused-ring (bicyclic) bond motifs is 1. The molecule has 0 fully saturated rings. The van der Waals surface area contributed by atoms with E-state index in [1.165, 1.54) is 11.6 Å². The zero-order valence-corrected chi connectivity index (χ0v) is 14.6. The lowest BCUT2D eigenvalue weighted by atomic mass is 10.2. The van der Waals surface area contributed by atoms with Gasteiger partial charge < -0.3 is 0 Å². The Balaban J connectivity index is 1.74. The van der Waals surface area contributed by atoms with Crippen molar-refractivity contribution in [3.05, 3.63) is 93.8 Å². The molecule has 0 unspecified atom stereocenters. The predicted octanol–water partition coefficient (Wildman–Crippen LogP) is 3.67. The SMILES string of the molecule is Cc1ccc(-n2ccc3nc(C=Cc4cccc(C)n4)cc(=O)n32)cc1. The van der Waals surface area contributed by atoms with Crippen LogP contribution in [0.5, 0.6) is 0 Å². The lowest BCUT2D eigenvalue weighted by Crippen LogP contribution is -2.19. The van der Waals surface area contributed by atoms with Gasteiger partial charge in [0.05, 0.1) is 17.1 Å². The molecule has 0 spiro atoms. The fourth-order valence-electron chi connectivity index (χ4n) is 2.85. The van der Waals surface area contributed by atoms with E-state index < -0.39 is 0 Å². The average Bonchev–Trinajstić information content (AvgIpc) is 3.05. The van der Waals surface area contributed by atoms with Gasteiger partial charge in [0.25, 0.3) is 5.56 Å². The molecule has 3 aromatic heterocycles. The first-order valence-corrected chi connectivity index (χ1v) is 8.40. The Kier molecular flexibility index (Phi) is 3.97. The fraction of sp³-hybridized carbons (Fsp3) is 0.0952. The molecular formula is C21H18N4O. The van der Waals surface area contributed by atoms with E-state index in [0.717, 1.165) is 17.1 Å². The van der Waals surface area contributed by atoms with E-state index in [2.05, 4.69) is 9.97 Å². The number of benzene rings is 1. The molecule has 5 nitrogen and oxygen atoms in total. The van der Waals surface area contributed by atoms with Gasteiger partial charge in [-0.3, -0.25) is 14.5 Å². The molecule has 0 N–H and O–H groups in total. The summed E-state index contributed by atoms with van der Waals surface area (Å²) >= 11 is 0. The number of nitrogens with zero attached hydrogens (tertiary/aromatic N) is 4. The first-order chi connectivity index (χ1) is 12.6. The number of hydrogen-bond donors (Lipinski definition) is 0. The average molecular weight is 342 g/mol. The number of aromatic nitrogens is 4. The quantitative estimate of drug-likeness (QED) is 0.571. The summed E-state index contributed by atoms with van der Waals surface area (Å²) in [6.45, 7) is 3.98. The van der Waals surface area contributed by atoms with Crippen molar-refractivity contribution in [3.8, 4) is 5.69 Å². The summed E-state index contributed by atoms with van der Waals surface area (Å²) in [5, 5.41) is 0. The lowest BCUT2D eigenvalue weighted by molar-refractivity contribution is 0.763. The first kappa shape index (κ1) is 16.0. The largest absolute Gasteiger partial charge is 0.273 e. The van der Waals surface area contributed by atoms with Crippen molar-refractivity contribution in [2.75, 3.05) is 0 Å². The molecule has 4 aromatic rings. The third kappa shape index (κ3) is 3.07. The van der Waals surface area contributed by atoms with Gasteiger partial charge in [0.2, 0.25) is 0 Å². The highest BCUT2D eigenvalue weighted by molar-refractivity contribution is 5.67. The van der Waals surface area contributed by atoms with Gasteiger partial charge in [0, 0.05) is 24.0 Å². The normalized spacial score (nSPS) is 11.5. The fourth-order valence-corrected chi connectivity index (χ4v) is 2.85. The third-order valence-corrected chi connectivity index (χ3v) is 4.15. The molecule has 0 aliphatic rings. The van der Waals surface area contributed by atoms with Crippen LogP contribution in [-0.2, 0) is 0 Å². The highest BCUT2D eigenvalue weighted by Gasteiger charge is 2.07. The number of pyridine rings is 1. The number of hydrogen-bond acceptors (Lipinski definition) is 3. The van der Waals surface area contributed by atoms with Gasteiger partial charge in [-0.05, 0) is 50.3 Å². The van der Waals surface area contributed by atoms with Crippen molar-refractivity contribution in [2.24, 2.45) is 0 Å². The Hall–Kier alpha value is -3.47. The molecule has 4 rings (SSSR count). The zero-order chi connectivity index (χ0) is 18.1. The van der Waals surface area contributed by atoms with Gasteiger partial charge in [-0.25, -0.2) is 4.98 Å². The van der Waals surface area contributed by atoms with E-state index in [4.69, 9.17) is 0 Å². The van der Waals surface area contributed by atoms with E-state index in [0.29, 0.717) is 11.3 Å². The Morgan fingerprint density at radius 2 is 1.65 bits per heavy atom. The topological polar surface area (TPSA) is 52.2 Å². The Labute approximate surface area is 150 Å². The Morgan fingerprint density at radius 1 is 0.885 bits per heavy atom. The van der Waals surface area contributed by atoms with Gasteiger partial charge in [-0.15, -0.1) is 0 Å². The lowest BCUT2D eigenvalue weighted by Gasteiger charge is -2.07. The minimum Gasteiger partial charge on any atom is -0.267 e. The summed E-state index contributed by atoms with van der Waals surface area (Å²) in [5.74, 6) is 0. The van der Waals surface area contributed by atoms with Crippen molar-refractivity contribution in [1.29, 1.82) is 0 Å². The monoisotopic (exact) mass is 342 g/mol. The second-order valence-corrected chi connectivity index (χ2v) is 6.22. The number of rotatable bonds is 3. The summed E-state index contributed by atoms with van der Waals surface area (Å²) in [6.07, 6.45) is 5.53. The van der Waals surface area contributed by atoms with Crippen molar-refractivity contribution >= 4 is 17.8 Å². The van der Waals surface area contributed by atoms with Crippen LogP contribution in [0.2, 0.25) is 0 Å². The van der Waals surface area contributed by atoms with Crippen LogP contribution in [-0.4, -0.2) is 19.2 Å². The van der Waals surface area contributed by atoms with Gasteiger partial charge in [0.15, 0.2) is 5.65 Å². The minimum absolute atomic E-state index is 0.127. The van der Waals surface area contributed by atoms with E-state index in [9.17, 15) is 4.79 Å². The van der Waals surface area contributed by atoms with E-state index in [1.807, 2.05) is 80.7 Å². The molecule has 5 heteroatoms. The molecular weight excluding hydrogens is 324 g/mol. The molecule has 0 saturated carbocycles. The van der Waals surface area contributed by atoms with Crippen molar-refractivity contribution < 1.29 is 0 Å². The van der Waals surface area contributed by atoms with Crippen LogP contribution >= 0.6 is 0 Å². The molecule has 1 aromatic carbocycles. The second kappa shape index (κ2) is 6.44. The Bertz CT molecular complexity index is 1170. The molecule has 0 aliphatic heterocycles. The van der Waals surface area contributed by atoms with Crippen LogP contribution in [0, 0.1) is 13.8 Å². The highest BCUT2D eigenvalue weighted by Crippen LogP contribution is 2.12. The number of aryl methyl sites for hydroxylation is 2. The standard InChI is InChI=1S/C21H18N4O/c1-15-6-10-19(11-7-15)24-13-12-20-23-18(14-21(26)25(20)24)9-8-17-5-3-4-16(2)22-17/h3-14H,1-2H3. The predicted molar refractivity (Wildman–Crippen MR) is 103 cm³/mol. The first-order valence-electron chi connectivity index (χ1n) is 8.40. The van der Waals surface area contributed by atoms with E-state index in [1.54, 1.807) is 9.20 Å². The maximum Gasteiger partial charge on any atom is 0.273 e. The molecule has 0 radical (unpaired) electrons. The summed E-state index contributed by atoms with van der Waals surface area (Å²) in [5.41, 5.74) is 4.97. The van der Waals surface area contributed by atoms with Gasteiger partial charge in [-0.1, -0.05) is 23.8 Å². The second-order valence-electron chi connectivity index (χ2n) is 6.22. The summed E-state index contributed by atoms with van der Waals surface area (Å²) < 4.78 is 3.37. The van der Waals surface area contributed by atoms with Crippen molar-refractivity contribution in [1.82, 2.24) is 19.2 Å². The maximum atomic E-state index is 12.6. The molecule has 0 amide bonds. The van der Waals surface area contributed by atoms with Crippen LogP contribution in [0.1, 0.15) is 22.6 Å². The van der Waals surface area contributed by atoms with Crippen LogP contribution in [0.4, 0.5) is 0 Å². The van der Waals surface area contributed by atoms with E-state index >= 15 is 0 Å². The molecule has 26 heavy (non-hydrogen) atoms. The molecule has 0 saturated heterocycles. The third-order valence-electron chi connectivity index (χ3n) is 4.15. The molecule has 0 bridgehead atoms. The minimum atomic E-state index is -0.127. The van der Waals surface area contributed by atoms with Crippen molar-refractivity contribution in [2.45, 2.75) is 13.8 Å². The van der Waals surface area contributed by atoms with Crippen molar-refractivity contribution in [3.63, 3.8) is 0 Å². The van der Waals surface area contributed by atoms with Gasteiger partial charge >= 0.3 is 0 Å². The molecule has 0 atom stereocenters. The van der Waals surface area contributed by atoms with Crippen LogP contribution in [0.3, 0.4) is 0 Å². The summed E-state index contributed by atoms with van der Waals surface area (Å²) in [6, 6.07) is 17.2. The van der Waals surface area contributed by atoms with Crippen LogP contribution in [0.25, 0.3) is 23.5 Å². The summed E-state index contributed by atoms with van der Waals surface area (Å²) in [4.78, 5) is 21.6. The smallest absolute Gasteiger partial charge is 0.267 e. The summed E-state index contributed by atoms with van der Waals surface area (Å²) in [7, 11) is 0. The molecule has 128 valence electrons. The zero-order valence-electron chi connectivity index (χ0n) is 14.6. The van der Waals surface area contributed by atoms with E-state index in [-0.39, 0.29) is 5.56 Å². The van der Waals surface area contributed by atoms with Gasteiger partial charge in [0.1, 0.15) is 0 Å². The van der Waals surface area contributed by atoms with Crippen LogP contribution in [0.15, 0.2) is 65.6 Å². The molecule has 3 heterocycles. The maximum absolute atomic E-state index is 12.6.